The van der Waals surface area contributed by atoms with Crippen molar-refractivity contribution in [2.24, 2.45) is 11.8 Å². The van der Waals surface area contributed by atoms with Crippen LogP contribution in [0.4, 0.5) is 0 Å². The van der Waals surface area contributed by atoms with E-state index in [-0.39, 0.29) is 41.6 Å². The largest absolute Gasteiger partial charge is 0.457 e. The van der Waals surface area contributed by atoms with E-state index in [1.807, 2.05) is 6.92 Å². The Hall–Kier alpha value is -3.63. The number of pyridine rings is 1. The highest BCUT2D eigenvalue weighted by atomic mass is 32.1. The fraction of sp³-hybridized carbons (Fsp3) is 0.292. The lowest BCUT2D eigenvalue weighted by atomic mass is 9.77. The van der Waals surface area contributed by atoms with Crippen molar-refractivity contribution in [3.05, 3.63) is 71.5 Å². The molecular formula is C24H22N4O5S. The summed E-state index contributed by atoms with van der Waals surface area (Å²) in [7, 11) is 0. The number of amides is 1. The molecule has 0 aliphatic carbocycles. The average molecular weight is 479 g/mol. The highest BCUT2D eigenvalue weighted by molar-refractivity contribution is 7.18. The van der Waals surface area contributed by atoms with Crippen LogP contribution >= 0.6 is 11.3 Å². The third kappa shape index (κ3) is 3.21. The Morgan fingerprint density at radius 1 is 1.41 bits per heavy atom. The van der Waals surface area contributed by atoms with E-state index in [1.54, 1.807) is 42.2 Å². The lowest BCUT2D eigenvalue weighted by Gasteiger charge is -2.46. The molecule has 0 unspecified atom stereocenters. The van der Waals surface area contributed by atoms with Crippen LogP contribution in [-0.2, 0) is 14.3 Å². The highest BCUT2D eigenvalue weighted by Gasteiger charge is 2.60. The van der Waals surface area contributed by atoms with Crippen LogP contribution in [0.25, 0.3) is 10.4 Å². The number of hydrogen-bond acceptors (Lipinski definition) is 8. The molecular weight excluding hydrogens is 456 g/mol. The number of hydrogen-bond donors (Lipinski definition) is 1. The summed E-state index contributed by atoms with van der Waals surface area (Å²) in [6, 6.07) is 3.02. The van der Waals surface area contributed by atoms with E-state index in [0.717, 1.165) is 4.88 Å². The number of thiazole rings is 1. The van der Waals surface area contributed by atoms with Gasteiger partial charge in [-0.05, 0) is 19.1 Å². The van der Waals surface area contributed by atoms with E-state index < -0.39 is 18.0 Å². The van der Waals surface area contributed by atoms with Crippen molar-refractivity contribution in [3.8, 4) is 0 Å². The molecule has 3 aromatic heterocycles. The van der Waals surface area contributed by atoms with Gasteiger partial charge in [0.25, 0.3) is 0 Å². The number of aliphatic hydroxyl groups excluding tert-OH is 1. The van der Waals surface area contributed by atoms with Gasteiger partial charge in [-0.15, -0.1) is 11.3 Å². The maximum Gasteiger partial charge on any atom is 0.355 e. The van der Waals surface area contributed by atoms with Crippen LogP contribution < -0.4 is 0 Å². The molecule has 1 N–H and O–H groups in total. The number of imidazole rings is 1. The first-order valence-electron chi connectivity index (χ1n) is 10.8. The number of esters is 1. The molecule has 5 heterocycles. The number of ether oxygens (including phenoxy) is 1. The van der Waals surface area contributed by atoms with Gasteiger partial charge >= 0.3 is 5.97 Å². The summed E-state index contributed by atoms with van der Waals surface area (Å²) in [4.78, 5) is 49.9. The predicted octanol–water partition coefficient (Wildman–Crippen LogP) is 2.32. The minimum atomic E-state index is -0.840. The summed E-state index contributed by atoms with van der Waals surface area (Å²) in [6.45, 7) is 7.09. The SMILES string of the molecule is C=CCOC(=O)C1=C(c2cn3cnc(C(=O)c4cccnc4)c3s2)[C@H](C)[C@@H]2[C@@H]([C@@H](C)O)C(=O)N12. The van der Waals surface area contributed by atoms with Crippen LogP contribution in [0.5, 0.6) is 0 Å². The number of β-lactam (4-membered cyclic amide) rings is 1. The fourth-order valence-corrected chi connectivity index (χ4v) is 6.01. The zero-order valence-electron chi connectivity index (χ0n) is 18.5. The Balaban J connectivity index is 1.60. The highest BCUT2D eigenvalue weighted by Crippen LogP contribution is 2.51. The van der Waals surface area contributed by atoms with Gasteiger partial charge in [-0.1, -0.05) is 19.6 Å². The maximum absolute atomic E-state index is 13.0. The van der Waals surface area contributed by atoms with E-state index in [4.69, 9.17) is 4.74 Å². The van der Waals surface area contributed by atoms with Gasteiger partial charge in [-0.3, -0.25) is 19.0 Å². The average Bonchev–Trinajstić information content (AvgIpc) is 3.47. The first-order chi connectivity index (χ1) is 16.3. The molecule has 0 spiro atoms. The molecule has 9 nitrogen and oxygen atoms in total. The molecule has 4 atom stereocenters. The molecule has 174 valence electrons. The van der Waals surface area contributed by atoms with Gasteiger partial charge in [0.15, 0.2) is 0 Å². The summed E-state index contributed by atoms with van der Waals surface area (Å²) in [5, 5.41) is 10.2. The molecule has 1 fully saturated rings. The van der Waals surface area contributed by atoms with Crippen LogP contribution in [0.1, 0.15) is 34.8 Å². The van der Waals surface area contributed by atoms with E-state index in [0.29, 0.717) is 16.0 Å². The number of rotatable bonds is 7. The van der Waals surface area contributed by atoms with Gasteiger partial charge in [0.05, 0.1) is 22.9 Å². The maximum atomic E-state index is 13.0. The van der Waals surface area contributed by atoms with E-state index in [9.17, 15) is 19.5 Å². The summed E-state index contributed by atoms with van der Waals surface area (Å²) >= 11 is 1.32. The molecule has 2 aliphatic rings. The lowest BCUT2D eigenvalue weighted by molar-refractivity contribution is -0.164. The Kier molecular flexibility index (Phi) is 5.41. The van der Waals surface area contributed by atoms with Crippen LogP contribution in [-0.4, -0.2) is 60.8 Å². The first-order valence-corrected chi connectivity index (χ1v) is 11.6. The molecule has 10 heteroatoms. The predicted molar refractivity (Wildman–Crippen MR) is 124 cm³/mol. The number of ketones is 1. The van der Waals surface area contributed by atoms with Crippen molar-refractivity contribution < 1.29 is 24.2 Å². The third-order valence-electron chi connectivity index (χ3n) is 6.31. The number of aromatic nitrogens is 3. The van der Waals surface area contributed by atoms with Gasteiger partial charge < -0.3 is 14.7 Å². The van der Waals surface area contributed by atoms with Crippen LogP contribution in [0, 0.1) is 11.8 Å². The standard InChI is InChI=1S/C24H22N4O5S/c1-4-8-33-24(32)20-16(12(2)19-17(13(3)29)22(31)28(19)20)15-10-27-11-26-18(23(27)34-15)21(30)14-6-5-7-25-9-14/h4-7,9-13,17,19,29H,1,8H2,2-3H3/t12-,13+,17+,19+/m0/s1. The van der Waals surface area contributed by atoms with Crippen LogP contribution in [0.15, 0.2) is 55.4 Å². The van der Waals surface area contributed by atoms with Gasteiger partial charge in [0, 0.05) is 35.6 Å². The topological polar surface area (TPSA) is 114 Å². The van der Waals surface area contributed by atoms with Crippen molar-refractivity contribution >= 4 is 39.4 Å². The second-order valence-corrected chi connectivity index (χ2v) is 9.41. The third-order valence-corrected chi connectivity index (χ3v) is 7.46. The molecule has 1 amide bonds. The Labute approximate surface area is 199 Å². The summed E-state index contributed by atoms with van der Waals surface area (Å²) in [5.74, 6) is -1.99. The lowest BCUT2D eigenvalue weighted by Crippen LogP contribution is -2.63. The van der Waals surface area contributed by atoms with Crippen LogP contribution in [0.2, 0.25) is 0 Å². The zero-order chi connectivity index (χ0) is 24.1. The smallest absolute Gasteiger partial charge is 0.355 e. The van der Waals surface area contributed by atoms with Crippen LogP contribution in [0.3, 0.4) is 0 Å². The molecule has 0 radical (unpaired) electrons. The summed E-state index contributed by atoms with van der Waals surface area (Å²) in [5.41, 5.74) is 1.55. The second-order valence-electron chi connectivity index (χ2n) is 8.38. The molecule has 34 heavy (non-hydrogen) atoms. The Bertz CT molecular complexity index is 1360. The van der Waals surface area contributed by atoms with Gasteiger partial charge in [-0.2, -0.15) is 0 Å². The fourth-order valence-electron chi connectivity index (χ4n) is 4.80. The Morgan fingerprint density at radius 2 is 2.21 bits per heavy atom. The molecule has 2 aliphatic heterocycles. The Morgan fingerprint density at radius 3 is 2.88 bits per heavy atom. The van der Waals surface area contributed by atoms with Crippen molar-refractivity contribution in [2.45, 2.75) is 26.0 Å². The van der Waals surface area contributed by atoms with Gasteiger partial charge in [0.1, 0.15) is 29.2 Å². The van der Waals surface area contributed by atoms with Crippen molar-refractivity contribution in [3.63, 3.8) is 0 Å². The molecule has 0 saturated carbocycles. The second kappa shape index (κ2) is 8.30. The first kappa shape index (κ1) is 22.2. The van der Waals surface area contributed by atoms with Crippen molar-refractivity contribution in [1.82, 2.24) is 19.3 Å². The van der Waals surface area contributed by atoms with E-state index >= 15 is 0 Å². The number of carbonyl (C=O) groups is 3. The summed E-state index contributed by atoms with van der Waals surface area (Å²) < 4.78 is 7.04. The number of nitrogens with zero attached hydrogens (tertiary/aromatic N) is 4. The van der Waals surface area contributed by atoms with E-state index in [2.05, 4.69) is 16.5 Å². The zero-order valence-corrected chi connectivity index (χ0v) is 19.4. The number of aliphatic hydroxyl groups is 1. The molecule has 5 rings (SSSR count). The summed E-state index contributed by atoms with van der Waals surface area (Å²) in [6.07, 6.45) is 7.05. The van der Waals surface area contributed by atoms with Crippen molar-refractivity contribution in [2.75, 3.05) is 6.61 Å². The molecule has 0 aromatic carbocycles. The number of carbonyl (C=O) groups excluding carboxylic acids is 3. The minimum absolute atomic E-state index is 0.0103. The van der Waals surface area contributed by atoms with Gasteiger partial charge in [-0.25, -0.2) is 9.78 Å². The van der Waals surface area contributed by atoms with Gasteiger partial charge in [0.2, 0.25) is 11.7 Å². The van der Waals surface area contributed by atoms with E-state index in [1.165, 1.54) is 28.5 Å². The minimum Gasteiger partial charge on any atom is -0.457 e. The molecule has 3 aromatic rings. The molecule has 1 saturated heterocycles. The number of fused-ring (bicyclic) bond motifs is 2. The van der Waals surface area contributed by atoms with Crippen molar-refractivity contribution in [1.29, 1.82) is 0 Å². The quantitative estimate of drug-likeness (QED) is 0.240. The monoisotopic (exact) mass is 478 g/mol. The normalized spacial score (nSPS) is 22.5. The molecule has 0 bridgehead atoms.